The van der Waals surface area contributed by atoms with E-state index in [0.29, 0.717) is 23.6 Å². The van der Waals surface area contributed by atoms with E-state index in [1.165, 1.54) is 38.0 Å². The van der Waals surface area contributed by atoms with Crippen molar-refractivity contribution in [2.24, 2.45) is 5.92 Å². The highest BCUT2D eigenvalue weighted by atomic mass is 35.5. The van der Waals surface area contributed by atoms with Crippen LogP contribution in [0.1, 0.15) is 52.5 Å². The molecule has 8 atom stereocenters. The first-order valence-electron chi connectivity index (χ1n) is 16.4. The van der Waals surface area contributed by atoms with Crippen molar-refractivity contribution >= 4 is 53.8 Å². The molecule has 2 fully saturated rings. The fraction of sp³-hybridized carbons (Fsp3) is 0.600. The Morgan fingerprint density at radius 3 is 2.62 bits per heavy atom. The van der Waals surface area contributed by atoms with Gasteiger partial charge in [-0.25, -0.2) is 9.59 Å². The third kappa shape index (κ3) is 8.42. The number of amides is 3. The molecule has 0 spiro atoms. The van der Waals surface area contributed by atoms with Crippen LogP contribution in [-0.4, -0.2) is 110 Å². The lowest BCUT2D eigenvalue weighted by molar-refractivity contribution is -0.161. The van der Waals surface area contributed by atoms with Gasteiger partial charge in [0.25, 0.3) is 0 Å². The topological polar surface area (TPSA) is 156 Å². The zero-order valence-corrected chi connectivity index (χ0v) is 31.4. The molecule has 13 nitrogen and oxygen atoms in total. The van der Waals surface area contributed by atoms with E-state index >= 15 is 0 Å². The molecule has 3 amide bonds. The number of alkyl carbamates (subject to hydrolysis) is 1. The summed E-state index contributed by atoms with van der Waals surface area (Å²) in [6.07, 6.45) is 1.08. The van der Waals surface area contributed by atoms with Crippen LogP contribution in [0.5, 0.6) is 5.75 Å². The minimum atomic E-state index is -1.82. The summed E-state index contributed by atoms with van der Waals surface area (Å²) in [6, 6.07) is 2.60. The molecular weight excluding hydrogens is 690 g/mol. The highest BCUT2D eigenvalue weighted by molar-refractivity contribution is 7.80. The minimum Gasteiger partial charge on any atom is -0.495 e. The number of methoxy groups -OCH3 is 2. The SMILES string of the molecule is COc1cc2cc(c1Cl)N(C)C(=O)C[C@@H](OC(=O)[C@H](C)N(C)C(=O)CCS)[C@]1(C)O[C@@H]1[C@H](C)[C@@H]1C[C@@](O)(NC(=O)O1)[C@H](OC)/C=C/C=C(\C)C2. The lowest BCUT2D eigenvalue weighted by Gasteiger charge is -2.42. The largest absolute Gasteiger partial charge is 0.495 e. The monoisotopic (exact) mass is 737 g/mol. The molecule has 1 aromatic rings. The number of epoxide rings is 1. The summed E-state index contributed by atoms with van der Waals surface area (Å²) in [6.45, 7) is 6.96. The molecular formula is C35H48ClN3O10S. The van der Waals surface area contributed by atoms with Crippen molar-refractivity contribution in [2.75, 3.05) is 39.0 Å². The summed E-state index contributed by atoms with van der Waals surface area (Å²) in [5.74, 6) is -1.30. The number of rotatable bonds is 7. The number of fused-ring (bicyclic) bond motifs is 5. The van der Waals surface area contributed by atoms with E-state index in [2.05, 4.69) is 17.9 Å². The Balaban J connectivity index is 1.78. The molecule has 15 heteroatoms. The van der Waals surface area contributed by atoms with Crippen LogP contribution in [0, 0.1) is 5.92 Å². The molecule has 4 bridgehead atoms. The molecule has 0 radical (unpaired) electrons. The van der Waals surface area contributed by atoms with Crippen LogP contribution in [0.25, 0.3) is 0 Å². The fourth-order valence-electron chi connectivity index (χ4n) is 6.49. The van der Waals surface area contributed by atoms with Crippen LogP contribution >= 0.6 is 24.2 Å². The average Bonchev–Trinajstić information content (AvgIpc) is 3.76. The van der Waals surface area contributed by atoms with Gasteiger partial charge >= 0.3 is 12.1 Å². The third-order valence-corrected chi connectivity index (χ3v) is 10.5. The Hall–Kier alpha value is -3.30. The van der Waals surface area contributed by atoms with E-state index in [1.807, 2.05) is 13.0 Å². The van der Waals surface area contributed by atoms with Crippen molar-refractivity contribution in [3.8, 4) is 5.75 Å². The molecule has 0 unspecified atom stereocenters. The number of allylic oxidation sites excluding steroid dienone is 3. The van der Waals surface area contributed by atoms with E-state index in [1.54, 1.807) is 45.2 Å². The molecule has 3 heterocycles. The Labute approximate surface area is 303 Å². The molecule has 2 saturated heterocycles. The molecule has 4 rings (SSSR count). The second-order valence-corrected chi connectivity index (χ2v) is 14.2. The summed E-state index contributed by atoms with van der Waals surface area (Å²) in [5.41, 5.74) is -0.903. The molecule has 1 aromatic carbocycles. The summed E-state index contributed by atoms with van der Waals surface area (Å²) >= 11 is 10.8. The number of benzene rings is 1. The van der Waals surface area contributed by atoms with Crippen LogP contribution in [-0.2, 0) is 39.8 Å². The normalized spacial score (nSPS) is 32.3. The quantitative estimate of drug-likeness (QED) is 0.214. The molecule has 50 heavy (non-hydrogen) atoms. The molecule has 0 aliphatic carbocycles. The van der Waals surface area contributed by atoms with Gasteiger partial charge in [-0.2, -0.15) is 12.6 Å². The predicted molar refractivity (Wildman–Crippen MR) is 189 cm³/mol. The van der Waals surface area contributed by atoms with Crippen LogP contribution < -0.4 is 15.0 Å². The number of nitrogens with one attached hydrogen (secondary N) is 1. The van der Waals surface area contributed by atoms with Gasteiger partial charge in [-0.15, -0.1) is 0 Å². The molecule has 3 aliphatic heterocycles. The van der Waals surface area contributed by atoms with Gasteiger partial charge in [0, 0.05) is 40.0 Å². The van der Waals surface area contributed by atoms with Gasteiger partial charge in [-0.3, -0.25) is 14.9 Å². The second kappa shape index (κ2) is 15.9. The maximum absolute atomic E-state index is 14.0. The van der Waals surface area contributed by atoms with Crippen molar-refractivity contribution in [1.82, 2.24) is 10.2 Å². The van der Waals surface area contributed by atoms with Gasteiger partial charge in [0.05, 0.1) is 25.3 Å². The van der Waals surface area contributed by atoms with Crippen molar-refractivity contribution in [1.29, 1.82) is 0 Å². The maximum atomic E-state index is 14.0. The first kappa shape index (κ1) is 39.5. The zero-order valence-electron chi connectivity index (χ0n) is 29.7. The minimum absolute atomic E-state index is 0.0489. The lowest BCUT2D eigenvalue weighted by atomic mass is 9.83. The third-order valence-electron chi connectivity index (χ3n) is 9.85. The van der Waals surface area contributed by atoms with Crippen molar-refractivity contribution in [2.45, 2.75) is 95.2 Å². The number of esters is 1. The van der Waals surface area contributed by atoms with E-state index in [0.717, 1.165) is 11.1 Å². The first-order chi connectivity index (χ1) is 23.5. The summed E-state index contributed by atoms with van der Waals surface area (Å²) < 4.78 is 29.0. The molecule has 3 aliphatic rings. The summed E-state index contributed by atoms with van der Waals surface area (Å²) in [5, 5.41) is 14.4. The van der Waals surface area contributed by atoms with Gasteiger partial charge < -0.3 is 38.6 Å². The van der Waals surface area contributed by atoms with Crippen LogP contribution in [0.15, 0.2) is 35.9 Å². The van der Waals surface area contributed by atoms with Crippen LogP contribution in [0.4, 0.5) is 10.5 Å². The van der Waals surface area contributed by atoms with Gasteiger partial charge in [-0.1, -0.05) is 42.3 Å². The Morgan fingerprint density at radius 2 is 1.98 bits per heavy atom. The number of hydrogen-bond donors (Lipinski definition) is 3. The molecule has 0 saturated carbocycles. The smallest absolute Gasteiger partial charge is 0.409 e. The number of nitrogens with zero attached hydrogens (tertiary/aromatic N) is 2. The van der Waals surface area contributed by atoms with Gasteiger partial charge in [0.1, 0.15) is 40.7 Å². The highest BCUT2D eigenvalue weighted by Gasteiger charge is 2.64. The average molecular weight is 738 g/mol. The van der Waals surface area contributed by atoms with Gasteiger partial charge in [0.15, 0.2) is 5.72 Å². The Morgan fingerprint density at radius 1 is 1.28 bits per heavy atom. The van der Waals surface area contributed by atoms with E-state index in [-0.39, 0.29) is 30.2 Å². The zero-order chi connectivity index (χ0) is 37.1. The lowest BCUT2D eigenvalue weighted by Crippen LogP contribution is -2.63. The Bertz CT molecular complexity index is 1540. The number of likely N-dealkylation sites (N-methyl/N-ethyl adjacent to an activating group) is 1. The van der Waals surface area contributed by atoms with Crippen molar-refractivity contribution in [3.05, 3.63) is 46.5 Å². The Kier molecular flexibility index (Phi) is 12.6. The highest BCUT2D eigenvalue weighted by Crippen LogP contribution is 2.49. The number of thiol groups is 1. The number of hydrogen-bond acceptors (Lipinski definition) is 11. The summed E-state index contributed by atoms with van der Waals surface area (Å²) in [7, 11) is 5.98. The van der Waals surface area contributed by atoms with E-state index < -0.39 is 65.7 Å². The molecule has 0 aromatic heterocycles. The van der Waals surface area contributed by atoms with Crippen LogP contribution in [0.3, 0.4) is 0 Å². The van der Waals surface area contributed by atoms with Gasteiger partial charge in [-0.05, 0) is 50.6 Å². The summed E-state index contributed by atoms with van der Waals surface area (Å²) in [4.78, 5) is 55.6. The number of aliphatic hydroxyl groups is 1. The number of carbonyl (C=O) groups is 4. The van der Waals surface area contributed by atoms with E-state index in [9.17, 15) is 24.3 Å². The molecule has 2 N–H and O–H groups in total. The van der Waals surface area contributed by atoms with E-state index in [4.69, 9.17) is 35.3 Å². The first-order valence-corrected chi connectivity index (χ1v) is 17.5. The standard InChI is InChI=1S/C35H48ClN3O10S/c1-19-10-9-11-26(46-8)35(44)18-25(47-33(43)37-35)20(2)31-34(4,49-31)27(48-32(42)21(3)38(5)28(40)12-13-50)17-29(41)39(6)23-15-22(14-19)16-24(45-7)30(23)36/h9-11,15-16,20-21,25-27,31,44,50H,12-14,17-18H2,1-8H3,(H,37,43)/b11-9+,19-10+/t20-,21+,25+,26-,27-,31-,34+,35+/m1/s1. The number of halogens is 1. The number of carbonyl (C=O) groups excluding carboxylic acids is 4. The van der Waals surface area contributed by atoms with Crippen LogP contribution in [0.2, 0.25) is 5.02 Å². The van der Waals surface area contributed by atoms with Crippen molar-refractivity contribution < 1.29 is 48.0 Å². The van der Waals surface area contributed by atoms with Gasteiger partial charge in [0.2, 0.25) is 11.8 Å². The maximum Gasteiger partial charge on any atom is 0.409 e. The molecule has 276 valence electrons. The number of anilines is 1. The predicted octanol–water partition coefficient (Wildman–Crippen LogP) is 3.83. The second-order valence-electron chi connectivity index (χ2n) is 13.4. The number of ether oxygens (including phenoxy) is 5. The van der Waals surface area contributed by atoms with Crippen molar-refractivity contribution in [3.63, 3.8) is 0 Å². The fourth-order valence-corrected chi connectivity index (χ4v) is 6.99.